The molecule has 0 aliphatic rings. The predicted octanol–water partition coefficient (Wildman–Crippen LogP) is 5.48. The highest BCUT2D eigenvalue weighted by atomic mass is 35.5. The monoisotopic (exact) mass is 457 g/mol. The Hall–Kier alpha value is -3.90. The Labute approximate surface area is 197 Å². The Morgan fingerprint density at radius 3 is 2.58 bits per heavy atom. The number of halogens is 1. The number of benzene rings is 3. The zero-order valence-corrected chi connectivity index (χ0v) is 18.9. The van der Waals surface area contributed by atoms with E-state index >= 15 is 0 Å². The molecule has 1 amide bonds. The summed E-state index contributed by atoms with van der Waals surface area (Å²) in [5.74, 6) is 0.0736. The number of aliphatic imine (C=N–C) groups is 1. The van der Waals surface area contributed by atoms with Crippen molar-refractivity contribution in [1.82, 2.24) is 15.3 Å². The molecule has 0 bridgehead atoms. The van der Waals surface area contributed by atoms with Crippen LogP contribution in [0.4, 0.5) is 5.69 Å². The summed E-state index contributed by atoms with van der Waals surface area (Å²) in [6.07, 6.45) is 4.07. The number of hydrogen-bond acceptors (Lipinski definition) is 3. The SMILES string of the molecule is Cc1cccc(-c2ccc(NC(=NCCc3cnc[nH]3)NC(=O)c3cccc(Cl)c3)cc2)c1. The van der Waals surface area contributed by atoms with Gasteiger partial charge in [0, 0.05) is 41.1 Å². The Morgan fingerprint density at radius 1 is 1.03 bits per heavy atom. The van der Waals surface area contributed by atoms with Crippen molar-refractivity contribution >= 4 is 29.2 Å². The summed E-state index contributed by atoms with van der Waals surface area (Å²) in [5, 5.41) is 6.58. The molecule has 0 aliphatic heterocycles. The van der Waals surface area contributed by atoms with Gasteiger partial charge < -0.3 is 10.3 Å². The summed E-state index contributed by atoms with van der Waals surface area (Å²) >= 11 is 6.04. The zero-order chi connectivity index (χ0) is 23.0. The van der Waals surface area contributed by atoms with Crippen LogP contribution >= 0.6 is 11.6 Å². The lowest BCUT2D eigenvalue weighted by Crippen LogP contribution is -2.36. The van der Waals surface area contributed by atoms with Gasteiger partial charge in [0.05, 0.1) is 6.33 Å². The number of anilines is 1. The van der Waals surface area contributed by atoms with Gasteiger partial charge in [-0.3, -0.25) is 15.1 Å². The third-order valence-corrected chi connectivity index (χ3v) is 5.26. The Balaban J connectivity index is 1.50. The largest absolute Gasteiger partial charge is 0.348 e. The molecule has 166 valence electrons. The third kappa shape index (κ3) is 6.30. The molecule has 6 nitrogen and oxygen atoms in total. The van der Waals surface area contributed by atoms with Crippen LogP contribution < -0.4 is 10.6 Å². The molecular weight excluding hydrogens is 434 g/mol. The van der Waals surface area contributed by atoms with Crippen LogP contribution in [0.2, 0.25) is 5.02 Å². The number of amides is 1. The molecule has 0 fully saturated rings. The molecule has 1 heterocycles. The smallest absolute Gasteiger partial charge is 0.258 e. The van der Waals surface area contributed by atoms with Crippen LogP contribution in [0.5, 0.6) is 0 Å². The van der Waals surface area contributed by atoms with Crippen LogP contribution in [-0.4, -0.2) is 28.4 Å². The molecule has 3 aromatic carbocycles. The molecule has 7 heteroatoms. The van der Waals surface area contributed by atoms with Crippen molar-refractivity contribution in [2.75, 3.05) is 11.9 Å². The molecule has 3 N–H and O–H groups in total. The average molecular weight is 458 g/mol. The highest BCUT2D eigenvalue weighted by Crippen LogP contribution is 2.22. The molecule has 33 heavy (non-hydrogen) atoms. The fourth-order valence-corrected chi connectivity index (χ4v) is 3.53. The molecule has 0 saturated carbocycles. The van der Waals surface area contributed by atoms with Gasteiger partial charge in [-0.25, -0.2) is 4.98 Å². The van der Waals surface area contributed by atoms with E-state index in [0.29, 0.717) is 29.5 Å². The molecule has 4 aromatic rings. The number of nitrogens with one attached hydrogen (secondary N) is 3. The molecule has 0 radical (unpaired) electrons. The van der Waals surface area contributed by atoms with E-state index < -0.39 is 0 Å². The fourth-order valence-electron chi connectivity index (χ4n) is 3.34. The van der Waals surface area contributed by atoms with Crippen molar-refractivity contribution in [2.45, 2.75) is 13.3 Å². The maximum absolute atomic E-state index is 12.8. The minimum atomic E-state index is -0.290. The second-order valence-corrected chi connectivity index (χ2v) is 8.03. The number of aromatic amines is 1. The van der Waals surface area contributed by atoms with Gasteiger partial charge in [0.2, 0.25) is 5.96 Å². The number of aryl methyl sites for hydroxylation is 1. The summed E-state index contributed by atoms with van der Waals surface area (Å²) in [7, 11) is 0. The zero-order valence-electron chi connectivity index (χ0n) is 18.2. The van der Waals surface area contributed by atoms with Crippen LogP contribution in [0.25, 0.3) is 11.1 Å². The molecule has 4 rings (SSSR count). The first-order valence-electron chi connectivity index (χ1n) is 10.6. The summed E-state index contributed by atoms with van der Waals surface area (Å²) < 4.78 is 0. The Morgan fingerprint density at radius 2 is 1.85 bits per heavy atom. The van der Waals surface area contributed by atoms with Gasteiger partial charge in [-0.05, 0) is 48.4 Å². The van der Waals surface area contributed by atoms with Crippen LogP contribution in [0, 0.1) is 6.92 Å². The molecule has 1 aromatic heterocycles. The number of H-pyrrole nitrogens is 1. The van der Waals surface area contributed by atoms with Gasteiger partial charge in [0.15, 0.2) is 0 Å². The maximum atomic E-state index is 12.8. The summed E-state index contributed by atoms with van der Waals surface area (Å²) in [6, 6.07) is 23.2. The minimum Gasteiger partial charge on any atom is -0.348 e. The van der Waals surface area contributed by atoms with Crippen molar-refractivity contribution in [1.29, 1.82) is 0 Å². The quantitative estimate of drug-likeness (QED) is 0.265. The van der Waals surface area contributed by atoms with Crippen molar-refractivity contribution in [3.63, 3.8) is 0 Å². The molecule has 0 unspecified atom stereocenters. The molecule has 0 spiro atoms. The average Bonchev–Trinajstić information content (AvgIpc) is 3.33. The molecular formula is C26H24ClN5O. The van der Waals surface area contributed by atoms with Crippen LogP contribution in [0.3, 0.4) is 0 Å². The van der Waals surface area contributed by atoms with E-state index in [2.05, 4.69) is 50.7 Å². The highest BCUT2D eigenvalue weighted by molar-refractivity contribution is 6.31. The number of rotatable bonds is 6. The van der Waals surface area contributed by atoms with E-state index in [1.807, 2.05) is 30.3 Å². The summed E-state index contributed by atoms with van der Waals surface area (Å²) in [6.45, 7) is 2.55. The van der Waals surface area contributed by atoms with E-state index in [-0.39, 0.29) is 5.91 Å². The molecule has 0 atom stereocenters. The van der Waals surface area contributed by atoms with Gasteiger partial charge >= 0.3 is 0 Å². The van der Waals surface area contributed by atoms with Crippen molar-refractivity contribution < 1.29 is 4.79 Å². The summed E-state index contributed by atoms with van der Waals surface area (Å²) in [4.78, 5) is 24.4. The van der Waals surface area contributed by atoms with E-state index in [0.717, 1.165) is 22.5 Å². The van der Waals surface area contributed by atoms with Gasteiger partial charge in [-0.2, -0.15) is 0 Å². The Bertz CT molecular complexity index is 1250. The number of aromatic nitrogens is 2. The van der Waals surface area contributed by atoms with Crippen molar-refractivity contribution in [2.24, 2.45) is 4.99 Å². The van der Waals surface area contributed by atoms with E-state index in [9.17, 15) is 4.79 Å². The lowest BCUT2D eigenvalue weighted by atomic mass is 10.0. The third-order valence-electron chi connectivity index (χ3n) is 5.02. The summed E-state index contributed by atoms with van der Waals surface area (Å²) in [5.41, 5.74) is 5.74. The Kier molecular flexibility index (Phi) is 7.17. The van der Waals surface area contributed by atoms with Gasteiger partial charge in [-0.1, -0.05) is 59.6 Å². The standard InChI is InChI=1S/C26H24ClN5O/c1-18-4-2-5-20(14-18)19-8-10-23(11-9-19)31-26(29-13-12-24-16-28-17-30-24)32-25(33)21-6-3-7-22(27)15-21/h2-11,14-17H,12-13H2,1H3,(H,28,30)(H2,29,31,32,33). The number of carbonyl (C=O) groups is 1. The highest BCUT2D eigenvalue weighted by Gasteiger charge is 2.10. The fraction of sp³-hybridized carbons (Fsp3) is 0.115. The van der Waals surface area contributed by atoms with Gasteiger partial charge in [0.25, 0.3) is 5.91 Å². The first-order valence-corrected chi connectivity index (χ1v) is 11.0. The van der Waals surface area contributed by atoms with E-state index in [4.69, 9.17) is 11.6 Å². The first-order chi connectivity index (χ1) is 16.1. The minimum absolute atomic E-state index is 0.290. The normalized spacial score (nSPS) is 11.3. The van der Waals surface area contributed by atoms with E-state index in [1.165, 1.54) is 5.56 Å². The van der Waals surface area contributed by atoms with Crippen molar-refractivity contribution in [3.05, 3.63) is 107 Å². The second-order valence-electron chi connectivity index (χ2n) is 7.59. The first kappa shape index (κ1) is 22.3. The second kappa shape index (κ2) is 10.6. The topological polar surface area (TPSA) is 82.2 Å². The van der Waals surface area contributed by atoms with Crippen LogP contribution in [0.1, 0.15) is 21.6 Å². The van der Waals surface area contributed by atoms with Crippen molar-refractivity contribution in [3.8, 4) is 11.1 Å². The lowest BCUT2D eigenvalue weighted by molar-refractivity contribution is 0.0977. The van der Waals surface area contributed by atoms with E-state index in [1.54, 1.807) is 36.8 Å². The van der Waals surface area contributed by atoms with Gasteiger partial charge in [-0.15, -0.1) is 0 Å². The number of nitrogens with zero attached hydrogens (tertiary/aromatic N) is 2. The number of imidazole rings is 1. The number of carbonyl (C=O) groups excluding carboxylic acids is 1. The van der Waals surface area contributed by atoms with Crippen LogP contribution in [-0.2, 0) is 6.42 Å². The molecule has 0 saturated heterocycles. The van der Waals surface area contributed by atoms with Gasteiger partial charge in [0.1, 0.15) is 0 Å². The number of hydrogen-bond donors (Lipinski definition) is 3. The number of guanidine groups is 1. The maximum Gasteiger partial charge on any atom is 0.258 e. The predicted molar refractivity (Wildman–Crippen MR) is 134 cm³/mol. The van der Waals surface area contributed by atoms with Crippen LogP contribution in [0.15, 0.2) is 90.3 Å². The molecule has 0 aliphatic carbocycles. The lowest BCUT2D eigenvalue weighted by Gasteiger charge is -2.13.